The van der Waals surface area contributed by atoms with E-state index < -0.39 is 0 Å². The first-order valence-electron chi connectivity index (χ1n) is 8.59. The van der Waals surface area contributed by atoms with Crippen molar-refractivity contribution in [2.75, 3.05) is 28.4 Å². The van der Waals surface area contributed by atoms with Crippen molar-refractivity contribution in [2.45, 2.75) is 13.5 Å². The maximum atomic E-state index is 12.7. The molecular formula is C21H23NO5. The highest BCUT2D eigenvalue weighted by Gasteiger charge is 2.17. The number of pyridine rings is 1. The first-order chi connectivity index (χ1) is 13.1. The van der Waals surface area contributed by atoms with E-state index in [4.69, 9.17) is 18.9 Å². The second kappa shape index (κ2) is 7.61. The number of ether oxygens (including phenoxy) is 4. The van der Waals surface area contributed by atoms with Crippen LogP contribution >= 0.6 is 0 Å². The summed E-state index contributed by atoms with van der Waals surface area (Å²) in [6, 6.07) is 10.9. The van der Waals surface area contributed by atoms with Crippen molar-refractivity contribution in [3.8, 4) is 34.3 Å². The van der Waals surface area contributed by atoms with E-state index in [0.717, 1.165) is 22.0 Å². The summed E-state index contributed by atoms with van der Waals surface area (Å²) in [6.45, 7) is 2.48. The molecule has 1 heterocycles. The average Bonchev–Trinajstić information content (AvgIpc) is 2.71. The lowest BCUT2D eigenvalue weighted by Crippen LogP contribution is -2.20. The van der Waals surface area contributed by atoms with Gasteiger partial charge in [-0.2, -0.15) is 0 Å². The Bertz CT molecular complexity index is 1040. The molecule has 0 spiro atoms. The van der Waals surface area contributed by atoms with Crippen molar-refractivity contribution in [1.29, 1.82) is 0 Å². The van der Waals surface area contributed by atoms with Crippen molar-refractivity contribution in [2.24, 2.45) is 0 Å². The predicted molar refractivity (Wildman–Crippen MR) is 106 cm³/mol. The van der Waals surface area contributed by atoms with E-state index in [1.54, 1.807) is 39.1 Å². The van der Waals surface area contributed by atoms with Gasteiger partial charge >= 0.3 is 0 Å². The Morgan fingerprint density at radius 2 is 1.37 bits per heavy atom. The molecule has 0 aliphatic rings. The second-order valence-electron chi connectivity index (χ2n) is 5.94. The minimum atomic E-state index is -0.0815. The van der Waals surface area contributed by atoms with Crippen LogP contribution in [0.25, 0.3) is 22.0 Å². The van der Waals surface area contributed by atoms with Crippen molar-refractivity contribution >= 4 is 10.8 Å². The summed E-state index contributed by atoms with van der Waals surface area (Å²) in [5, 5.41) is 1.67. The monoisotopic (exact) mass is 369 g/mol. The van der Waals surface area contributed by atoms with Gasteiger partial charge in [0.25, 0.3) is 5.56 Å². The first kappa shape index (κ1) is 18.6. The fraction of sp³-hybridized carbons (Fsp3) is 0.286. The lowest BCUT2D eigenvalue weighted by Gasteiger charge is -2.18. The molecule has 0 radical (unpaired) electrons. The molecule has 0 amide bonds. The van der Waals surface area contributed by atoms with Crippen LogP contribution in [0.1, 0.15) is 6.92 Å². The molecule has 142 valence electrons. The van der Waals surface area contributed by atoms with Crippen LogP contribution in [-0.2, 0) is 6.54 Å². The molecular weight excluding hydrogens is 346 g/mol. The van der Waals surface area contributed by atoms with Gasteiger partial charge in [-0.25, -0.2) is 0 Å². The highest BCUT2D eigenvalue weighted by atomic mass is 16.5. The SMILES string of the molecule is CCn1c(-c2ccc(OC)c(OC)c2)c2cc(OC)c(OC)cc2cc1=O. The molecule has 0 atom stereocenters. The zero-order valence-corrected chi connectivity index (χ0v) is 16.2. The van der Waals surface area contributed by atoms with E-state index in [-0.39, 0.29) is 5.56 Å². The zero-order valence-electron chi connectivity index (χ0n) is 16.2. The zero-order chi connectivity index (χ0) is 19.6. The maximum absolute atomic E-state index is 12.7. The molecule has 3 aromatic rings. The van der Waals surface area contributed by atoms with Gasteiger partial charge in [0.2, 0.25) is 0 Å². The Balaban J connectivity index is 2.41. The number of aromatic nitrogens is 1. The fourth-order valence-electron chi connectivity index (χ4n) is 3.29. The minimum absolute atomic E-state index is 0.0815. The molecule has 6 heteroatoms. The van der Waals surface area contributed by atoms with Crippen LogP contribution in [0.2, 0.25) is 0 Å². The summed E-state index contributed by atoms with van der Waals surface area (Å²) < 4.78 is 23.3. The number of nitrogens with zero attached hydrogens (tertiary/aromatic N) is 1. The minimum Gasteiger partial charge on any atom is -0.493 e. The van der Waals surface area contributed by atoms with E-state index in [1.165, 1.54) is 0 Å². The standard InChI is InChI=1S/C21H23NO5/c1-6-22-20(23)11-14-10-18(26-4)19(27-5)12-15(14)21(22)13-7-8-16(24-2)17(9-13)25-3/h7-12H,6H2,1-5H3. The molecule has 0 bridgehead atoms. The van der Waals surface area contributed by atoms with Crippen molar-refractivity contribution in [1.82, 2.24) is 4.57 Å². The third-order valence-corrected chi connectivity index (χ3v) is 4.60. The molecule has 2 aromatic carbocycles. The number of hydrogen-bond acceptors (Lipinski definition) is 5. The molecule has 0 fully saturated rings. The average molecular weight is 369 g/mol. The van der Waals surface area contributed by atoms with Gasteiger partial charge in [-0.1, -0.05) is 0 Å². The highest BCUT2D eigenvalue weighted by molar-refractivity contribution is 5.97. The number of rotatable bonds is 6. The van der Waals surface area contributed by atoms with Gasteiger partial charge in [0.15, 0.2) is 23.0 Å². The molecule has 0 unspecified atom stereocenters. The summed E-state index contributed by atoms with van der Waals surface area (Å²) in [5.74, 6) is 2.42. The second-order valence-corrected chi connectivity index (χ2v) is 5.94. The summed E-state index contributed by atoms with van der Waals surface area (Å²) in [5.41, 5.74) is 1.56. The van der Waals surface area contributed by atoms with Crippen LogP contribution in [0.5, 0.6) is 23.0 Å². The largest absolute Gasteiger partial charge is 0.493 e. The van der Waals surface area contributed by atoms with Gasteiger partial charge in [0, 0.05) is 23.6 Å². The van der Waals surface area contributed by atoms with Crippen molar-refractivity contribution in [3.63, 3.8) is 0 Å². The lowest BCUT2D eigenvalue weighted by molar-refractivity contribution is 0.355. The van der Waals surface area contributed by atoms with E-state index >= 15 is 0 Å². The summed E-state index contributed by atoms with van der Waals surface area (Å²) >= 11 is 0. The van der Waals surface area contributed by atoms with Gasteiger partial charge in [0.1, 0.15) is 0 Å². The van der Waals surface area contributed by atoms with Gasteiger partial charge < -0.3 is 23.5 Å². The van der Waals surface area contributed by atoms with E-state index in [9.17, 15) is 4.79 Å². The molecule has 6 nitrogen and oxygen atoms in total. The first-order valence-corrected chi connectivity index (χ1v) is 8.59. The molecule has 0 aliphatic carbocycles. The Morgan fingerprint density at radius 3 is 1.96 bits per heavy atom. The third kappa shape index (κ3) is 3.18. The smallest absolute Gasteiger partial charge is 0.251 e. The van der Waals surface area contributed by atoms with Crippen LogP contribution in [-0.4, -0.2) is 33.0 Å². The van der Waals surface area contributed by atoms with E-state index in [0.29, 0.717) is 29.5 Å². The maximum Gasteiger partial charge on any atom is 0.251 e. The Labute approximate surface area is 157 Å². The Hall–Kier alpha value is -3.15. The van der Waals surface area contributed by atoms with Crippen LogP contribution < -0.4 is 24.5 Å². The van der Waals surface area contributed by atoms with Gasteiger partial charge in [0.05, 0.1) is 34.1 Å². The van der Waals surface area contributed by atoms with Crippen LogP contribution in [0.3, 0.4) is 0 Å². The number of methoxy groups -OCH3 is 4. The normalized spacial score (nSPS) is 10.7. The van der Waals surface area contributed by atoms with Crippen LogP contribution in [0.4, 0.5) is 0 Å². The molecule has 0 saturated heterocycles. The summed E-state index contributed by atoms with van der Waals surface area (Å²) in [6.07, 6.45) is 0. The number of hydrogen-bond donors (Lipinski definition) is 0. The van der Waals surface area contributed by atoms with Crippen molar-refractivity contribution in [3.05, 3.63) is 46.8 Å². The summed E-state index contributed by atoms with van der Waals surface area (Å²) in [4.78, 5) is 12.7. The summed E-state index contributed by atoms with van der Waals surface area (Å²) in [7, 11) is 6.35. The lowest BCUT2D eigenvalue weighted by atomic mass is 10.0. The molecule has 1 aromatic heterocycles. The van der Waals surface area contributed by atoms with Crippen LogP contribution in [0, 0.1) is 0 Å². The van der Waals surface area contributed by atoms with E-state index in [1.807, 2.05) is 37.3 Å². The Kier molecular flexibility index (Phi) is 5.26. The highest BCUT2D eigenvalue weighted by Crippen LogP contribution is 2.38. The Morgan fingerprint density at radius 1 is 0.778 bits per heavy atom. The quantitative estimate of drug-likeness (QED) is 0.663. The predicted octanol–water partition coefficient (Wildman–Crippen LogP) is 3.72. The van der Waals surface area contributed by atoms with Gasteiger partial charge in [-0.15, -0.1) is 0 Å². The fourth-order valence-corrected chi connectivity index (χ4v) is 3.29. The number of fused-ring (bicyclic) bond motifs is 1. The number of benzene rings is 2. The van der Waals surface area contributed by atoms with Crippen LogP contribution in [0.15, 0.2) is 41.2 Å². The topological polar surface area (TPSA) is 58.9 Å². The van der Waals surface area contributed by atoms with Gasteiger partial charge in [-0.05, 0) is 42.6 Å². The van der Waals surface area contributed by atoms with Gasteiger partial charge in [-0.3, -0.25) is 4.79 Å². The molecule has 27 heavy (non-hydrogen) atoms. The molecule has 0 saturated carbocycles. The van der Waals surface area contributed by atoms with Crippen molar-refractivity contribution < 1.29 is 18.9 Å². The van der Waals surface area contributed by atoms with E-state index in [2.05, 4.69) is 0 Å². The third-order valence-electron chi connectivity index (χ3n) is 4.60. The molecule has 3 rings (SSSR count). The molecule has 0 N–H and O–H groups in total. The molecule has 0 aliphatic heterocycles.